The van der Waals surface area contributed by atoms with Crippen molar-refractivity contribution >= 4 is 11.6 Å². The number of nitrogens with zero attached hydrogens (tertiary/aromatic N) is 2. The van der Waals surface area contributed by atoms with E-state index < -0.39 is 0 Å². The smallest absolute Gasteiger partial charge is 0.0835 e. The van der Waals surface area contributed by atoms with Crippen LogP contribution in [0.25, 0.3) is 5.69 Å². The van der Waals surface area contributed by atoms with Gasteiger partial charge in [0.25, 0.3) is 0 Å². The predicted octanol–water partition coefficient (Wildman–Crippen LogP) is 3.90. The lowest BCUT2D eigenvalue weighted by atomic mass is 10.1. The second kappa shape index (κ2) is 5.98. The fourth-order valence-corrected chi connectivity index (χ4v) is 2.75. The van der Waals surface area contributed by atoms with E-state index in [-0.39, 0.29) is 0 Å². The van der Waals surface area contributed by atoms with Gasteiger partial charge < -0.3 is 5.32 Å². The summed E-state index contributed by atoms with van der Waals surface area (Å²) in [6.45, 7) is 4.12. The molecule has 3 nitrogen and oxygen atoms in total. The zero-order chi connectivity index (χ0) is 13.9. The van der Waals surface area contributed by atoms with Gasteiger partial charge in [0.15, 0.2) is 0 Å². The first-order chi connectivity index (χ1) is 9.81. The van der Waals surface area contributed by atoms with Crippen molar-refractivity contribution in [2.45, 2.75) is 38.6 Å². The molecule has 0 aliphatic heterocycles. The molecule has 1 fully saturated rings. The molecule has 0 atom stereocenters. The Morgan fingerprint density at radius 1 is 1.35 bits per heavy atom. The molecule has 106 valence electrons. The molecule has 1 saturated carbocycles. The Hall–Kier alpha value is -1.32. The van der Waals surface area contributed by atoms with Crippen LogP contribution in [-0.2, 0) is 6.54 Å². The number of nitrogens with one attached hydrogen (secondary N) is 1. The maximum absolute atomic E-state index is 6.32. The summed E-state index contributed by atoms with van der Waals surface area (Å²) in [5.41, 5.74) is 3.63. The van der Waals surface area contributed by atoms with Crippen LogP contribution in [0, 0.1) is 0 Å². The summed E-state index contributed by atoms with van der Waals surface area (Å²) in [5, 5.41) is 8.80. The molecule has 1 aliphatic carbocycles. The van der Waals surface area contributed by atoms with Gasteiger partial charge in [-0.25, -0.2) is 4.68 Å². The Balaban J connectivity index is 1.93. The van der Waals surface area contributed by atoms with Gasteiger partial charge in [-0.3, -0.25) is 0 Å². The molecule has 0 radical (unpaired) electrons. The second-order valence-electron chi connectivity index (χ2n) is 5.37. The molecule has 3 rings (SSSR count). The maximum atomic E-state index is 6.32. The van der Waals surface area contributed by atoms with Gasteiger partial charge in [-0.15, -0.1) is 0 Å². The predicted molar refractivity (Wildman–Crippen MR) is 82.5 cm³/mol. The van der Waals surface area contributed by atoms with Gasteiger partial charge in [0, 0.05) is 18.0 Å². The summed E-state index contributed by atoms with van der Waals surface area (Å²) in [6, 6.07) is 7.92. The van der Waals surface area contributed by atoms with Crippen molar-refractivity contribution in [3.05, 3.63) is 46.7 Å². The first kappa shape index (κ1) is 13.7. The lowest BCUT2D eigenvalue weighted by molar-refractivity contribution is 0.669. The van der Waals surface area contributed by atoms with E-state index in [0.717, 1.165) is 30.2 Å². The molecule has 4 heteroatoms. The van der Waals surface area contributed by atoms with Crippen LogP contribution in [0.1, 0.15) is 43.4 Å². The van der Waals surface area contributed by atoms with E-state index in [2.05, 4.69) is 17.3 Å². The Labute approximate surface area is 124 Å². The highest BCUT2D eigenvalue weighted by Crippen LogP contribution is 2.43. The summed E-state index contributed by atoms with van der Waals surface area (Å²) in [5.74, 6) is 0.646. The molecule has 1 heterocycles. The Morgan fingerprint density at radius 3 is 2.85 bits per heavy atom. The van der Waals surface area contributed by atoms with Gasteiger partial charge in [-0.2, -0.15) is 5.10 Å². The molecule has 0 unspecified atom stereocenters. The molecule has 0 bridgehead atoms. The van der Waals surface area contributed by atoms with Gasteiger partial charge in [0.2, 0.25) is 0 Å². The molecule has 1 N–H and O–H groups in total. The second-order valence-corrected chi connectivity index (χ2v) is 5.78. The third kappa shape index (κ3) is 2.74. The fraction of sp³-hybridized carbons (Fsp3) is 0.438. The number of hydrogen-bond donors (Lipinski definition) is 1. The van der Waals surface area contributed by atoms with Crippen molar-refractivity contribution in [2.24, 2.45) is 0 Å². The minimum Gasteiger partial charge on any atom is -0.313 e. The van der Waals surface area contributed by atoms with Crippen molar-refractivity contribution in [3.63, 3.8) is 0 Å². The molecule has 0 amide bonds. The minimum atomic E-state index is 0.646. The summed E-state index contributed by atoms with van der Waals surface area (Å²) in [4.78, 5) is 0. The standard InChI is InChI=1S/C16H20ClN3/c1-2-9-18-10-13-11-19-20(16(13)12-7-8-12)15-6-4-3-5-14(15)17/h3-6,11-12,18H,2,7-10H2,1H3. The largest absolute Gasteiger partial charge is 0.313 e. The van der Waals surface area contributed by atoms with Crippen molar-refractivity contribution in [1.29, 1.82) is 0 Å². The topological polar surface area (TPSA) is 29.9 Å². The van der Waals surface area contributed by atoms with Crippen molar-refractivity contribution in [3.8, 4) is 5.69 Å². The van der Waals surface area contributed by atoms with E-state index in [9.17, 15) is 0 Å². The average Bonchev–Trinajstić information content (AvgIpc) is 3.21. The lowest BCUT2D eigenvalue weighted by Crippen LogP contribution is -2.15. The number of aromatic nitrogens is 2. The van der Waals surface area contributed by atoms with Crippen LogP contribution in [0.2, 0.25) is 5.02 Å². The number of rotatable bonds is 6. The third-order valence-electron chi connectivity index (χ3n) is 3.67. The number of benzene rings is 1. The summed E-state index contributed by atoms with van der Waals surface area (Å²) < 4.78 is 2.03. The van der Waals surface area contributed by atoms with Crippen LogP contribution in [0.3, 0.4) is 0 Å². The molecule has 2 aromatic rings. The van der Waals surface area contributed by atoms with Gasteiger partial charge in [-0.1, -0.05) is 30.7 Å². The molecule has 1 aliphatic rings. The highest BCUT2D eigenvalue weighted by molar-refractivity contribution is 6.32. The van der Waals surface area contributed by atoms with Crippen LogP contribution >= 0.6 is 11.6 Å². The first-order valence-corrected chi connectivity index (χ1v) is 7.71. The van der Waals surface area contributed by atoms with Crippen molar-refractivity contribution < 1.29 is 0 Å². The van der Waals surface area contributed by atoms with Crippen LogP contribution in [0.4, 0.5) is 0 Å². The Kier molecular flexibility index (Phi) is 4.08. The molecule has 1 aromatic heterocycles. The Bertz CT molecular complexity index is 587. The van der Waals surface area contributed by atoms with E-state index >= 15 is 0 Å². The minimum absolute atomic E-state index is 0.646. The molecule has 0 saturated heterocycles. The van der Waals surface area contributed by atoms with Crippen molar-refractivity contribution in [2.75, 3.05) is 6.54 Å². The van der Waals surface area contributed by atoms with Crippen LogP contribution < -0.4 is 5.32 Å². The SMILES string of the molecule is CCCNCc1cnn(-c2ccccc2Cl)c1C1CC1. The van der Waals surface area contributed by atoms with E-state index in [4.69, 9.17) is 11.6 Å². The van der Waals surface area contributed by atoms with E-state index in [1.807, 2.05) is 35.1 Å². The van der Waals surface area contributed by atoms with E-state index in [1.54, 1.807) is 0 Å². The normalized spacial score (nSPS) is 14.7. The monoisotopic (exact) mass is 289 g/mol. The van der Waals surface area contributed by atoms with Gasteiger partial charge >= 0.3 is 0 Å². The van der Waals surface area contributed by atoms with E-state index in [1.165, 1.54) is 24.1 Å². The van der Waals surface area contributed by atoms with Crippen LogP contribution in [0.15, 0.2) is 30.5 Å². The van der Waals surface area contributed by atoms with Crippen LogP contribution in [-0.4, -0.2) is 16.3 Å². The molecule has 1 aromatic carbocycles. The number of hydrogen-bond acceptors (Lipinski definition) is 2. The average molecular weight is 290 g/mol. The molecular weight excluding hydrogens is 270 g/mol. The number of halogens is 1. The Morgan fingerprint density at radius 2 is 2.15 bits per heavy atom. The maximum Gasteiger partial charge on any atom is 0.0835 e. The molecule has 20 heavy (non-hydrogen) atoms. The van der Waals surface area contributed by atoms with E-state index in [0.29, 0.717) is 5.92 Å². The first-order valence-electron chi connectivity index (χ1n) is 7.33. The summed E-state index contributed by atoms with van der Waals surface area (Å²) >= 11 is 6.32. The van der Waals surface area contributed by atoms with Crippen LogP contribution in [0.5, 0.6) is 0 Å². The molecule has 0 spiro atoms. The zero-order valence-electron chi connectivity index (χ0n) is 11.8. The zero-order valence-corrected chi connectivity index (χ0v) is 12.5. The number of para-hydroxylation sites is 1. The highest BCUT2D eigenvalue weighted by Gasteiger charge is 2.30. The van der Waals surface area contributed by atoms with Gasteiger partial charge in [0.1, 0.15) is 0 Å². The van der Waals surface area contributed by atoms with Gasteiger partial charge in [-0.05, 0) is 37.9 Å². The summed E-state index contributed by atoms with van der Waals surface area (Å²) in [6.07, 6.45) is 5.66. The highest BCUT2D eigenvalue weighted by atomic mass is 35.5. The van der Waals surface area contributed by atoms with Gasteiger partial charge in [0.05, 0.1) is 22.6 Å². The van der Waals surface area contributed by atoms with Crippen molar-refractivity contribution in [1.82, 2.24) is 15.1 Å². The molecular formula is C16H20ClN3. The fourth-order valence-electron chi connectivity index (χ4n) is 2.54. The third-order valence-corrected chi connectivity index (χ3v) is 3.99. The summed E-state index contributed by atoms with van der Waals surface area (Å²) in [7, 11) is 0. The lowest BCUT2D eigenvalue weighted by Gasteiger charge is -2.10. The quantitative estimate of drug-likeness (QED) is 0.817.